The largest absolute Gasteiger partial charge is 0.493 e. The van der Waals surface area contributed by atoms with Gasteiger partial charge in [-0.15, -0.1) is 0 Å². The fourth-order valence-electron chi connectivity index (χ4n) is 2.29. The molecule has 1 aliphatic heterocycles. The predicted molar refractivity (Wildman–Crippen MR) is 71.5 cm³/mol. The van der Waals surface area contributed by atoms with Gasteiger partial charge in [0.1, 0.15) is 5.75 Å². The Kier molecular flexibility index (Phi) is 4.22. The molecule has 18 heavy (non-hydrogen) atoms. The summed E-state index contributed by atoms with van der Waals surface area (Å²) in [5.74, 6) is 1.08. The number of hydrogen-bond donors (Lipinski definition) is 1. The molecule has 96 valence electrons. The summed E-state index contributed by atoms with van der Waals surface area (Å²) in [4.78, 5) is 0. The molecule has 3 heteroatoms. The van der Waals surface area contributed by atoms with Crippen LogP contribution in [0.15, 0.2) is 18.2 Å². The Labute approximate surface area is 109 Å². The number of hydrogen-bond acceptors (Lipinski definition) is 3. The van der Waals surface area contributed by atoms with E-state index < -0.39 is 0 Å². The molecule has 3 nitrogen and oxygen atoms in total. The van der Waals surface area contributed by atoms with Gasteiger partial charge in [-0.1, -0.05) is 19.1 Å². The molecule has 0 saturated carbocycles. The van der Waals surface area contributed by atoms with E-state index in [2.05, 4.69) is 36.5 Å². The van der Waals surface area contributed by atoms with Crippen LogP contribution in [-0.4, -0.2) is 13.2 Å². The van der Waals surface area contributed by atoms with Crippen molar-refractivity contribution in [3.05, 3.63) is 29.3 Å². The van der Waals surface area contributed by atoms with Crippen LogP contribution in [0, 0.1) is 17.2 Å². The van der Waals surface area contributed by atoms with Gasteiger partial charge in [0.25, 0.3) is 0 Å². The standard InChI is InChI=1S/C15H20N2O/c1-3-14(17-10-11(2)9-16)12-4-5-15-13(8-12)6-7-18-15/h4-5,8,11,14,17H,3,6-7,10H2,1-2H3. The summed E-state index contributed by atoms with van der Waals surface area (Å²) in [6.45, 7) is 5.64. The van der Waals surface area contributed by atoms with Gasteiger partial charge in [0.05, 0.1) is 18.6 Å². The lowest BCUT2D eigenvalue weighted by Gasteiger charge is -2.18. The number of benzene rings is 1. The summed E-state index contributed by atoms with van der Waals surface area (Å²) in [6, 6.07) is 9.01. The van der Waals surface area contributed by atoms with E-state index in [-0.39, 0.29) is 5.92 Å². The normalized spacial score (nSPS) is 16.5. The van der Waals surface area contributed by atoms with Crippen molar-refractivity contribution >= 4 is 0 Å². The molecular weight excluding hydrogens is 224 g/mol. The molecular formula is C15H20N2O. The maximum atomic E-state index is 8.81. The van der Waals surface area contributed by atoms with E-state index in [1.54, 1.807) is 0 Å². The van der Waals surface area contributed by atoms with E-state index in [9.17, 15) is 0 Å². The Morgan fingerprint density at radius 3 is 3.06 bits per heavy atom. The van der Waals surface area contributed by atoms with Crippen molar-refractivity contribution in [3.63, 3.8) is 0 Å². The van der Waals surface area contributed by atoms with Gasteiger partial charge in [-0.05, 0) is 30.5 Å². The van der Waals surface area contributed by atoms with Crippen molar-refractivity contribution < 1.29 is 4.74 Å². The van der Waals surface area contributed by atoms with Gasteiger partial charge in [0.2, 0.25) is 0 Å². The van der Waals surface area contributed by atoms with E-state index in [4.69, 9.17) is 10.00 Å². The molecule has 0 radical (unpaired) electrons. The van der Waals surface area contributed by atoms with Crippen LogP contribution in [0.1, 0.15) is 37.4 Å². The lowest BCUT2D eigenvalue weighted by atomic mass is 10.00. The molecule has 2 unspecified atom stereocenters. The van der Waals surface area contributed by atoms with Crippen LogP contribution in [0.3, 0.4) is 0 Å². The first kappa shape index (κ1) is 12.9. The minimum Gasteiger partial charge on any atom is -0.493 e. The molecule has 0 aliphatic carbocycles. The second-order valence-electron chi connectivity index (χ2n) is 4.86. The molecule has 0 bridgehead atoms. The van der Waals surface area contributed by atoms with Crippen LogP contribution in [0.4, 0.5) is 0 Å². The van der Waals surface area contributed by atoms with Gasteiger partial charge in [-0.25, -0.2) is 0 Å². The summed E-state index contributed by atoms with van der Waals surface area (Å²) >= 11 is 0. The van der Waals surface area contributed by atoms with Crippen LogP contribution in [-0.2, 0) is 6.42 Å². The third kappa shape index (κ3) is 2.83. The lowest BCUT2D eigenvalue weighted by molar-refractivity contribution is 0.356. The highest BCUT2D eigenvalue weighted by molar-refractivity contribution is 5.40. The van der Waals surface area contributed by atoms with Crippen molar-refractivity contribution in [2.45, 2.75) is 32.7 Å². The van der Waals surface area contributed by atoms with E-state index in [0.29, 0.717) is 6.04 Å². The molecule has 1 heterocycles. The van der Waals surface area contributed by atoms with E-state index in [0.717, 1.165) is 31.7 Å². The van der Waals surface area contributed by atoms with Crippen LogP contribution in [0.2, 0.25) is 0 Å². The summed E-state index contributed by atoms with van der Waals surface area (Å²) in [6.07, 6.45) is 2.03. The SMILES string of the molecule is CCC(NCC(C)C#N)c1ccc2c(c1)CCO2. The van der Waals surface area contributed by atoms with Gasteiger partial charge in [0.15, 0.2) is 0 Å². The van der Waals surface area contributed by atoms with Crippen molar-refractivity contribution in [1.82, 2.24) is 5.32 Å². The Bertz CT molecular complexity index is 450. The molecule has 1 aromatic rings. The molecule has 0 aromatic heterocycles. The fourth-order valence-corrected chi connectivity index (χ4v) is 2.29. The molecule has 0 saturated heterocycles. The highest BCUT2D eigenvalue weighted by atomic mass is 16.5. The molecule has 1 N–H and O–H groups in total. The first-order valence-corrected chi connectivity index (χ1v) is 6.63. The monoisotopic (exact) mass is 244 g/mol. The van der Waals surface area contributed by atoms with Crippen LogP contribution in [0.25, 0.3) is 0 Å². The second kappa shape index (κ2) is 5.88. The zero-order valence-electron chi connectivity index (χ0n) is 11.1. The van der Waals surface area contributed by atoms with Crippen molar-refractivity contribution in [3.8, 4) is 11.8 Å². The Hall–Kier alpha value is -1.53. The number of fused-ring (bicyclic) bond motifs is 1. The highest BCUT2D eigenvalue weighted by Gasteiger charge is 2.16. The summed E-state index contributed by atoms with van der Waals surface area (Å²) in [7, 11) is 0. The Morgan fingerprint density at radius 1 is 1.50 bits per heavy atom. The molecule has 2 rings (SSSR count). The zero-order valence-corrected chi connectivity index (χ0v) is 11.1. The number of nitrogens with one attached hydrogen (secondary N) is 1. The second-order valence-corrected chi connectivity index (χ2v) is 4.86. The average molecular weight is 244 g/mol. The topological polar surface area (TPSA) is 45.0 Å². The fraction of sp³-hybridized carbons (Fsp3) is 0.533. The summed E-state index contributed by atoms with van der Waals surface area (Å²) in [5, 5.41) is 12.3. The smallest absolute Gasteiger partial charge is 0.122 e. The van der Waals surface area contributed by atoms with Crippen molar-refractivity contribution in [1.29, 1.82) is 5.26 Å². The average Bonchev–Trinajstić information content (AvgIpc) is 2.86. The number of ether oxygens (including phenoxy) is 1. The molecule has 1 aromatic carbocycles. The number of nitrogens with zero attached hydrogens (tertiary/aromatic N) is 1. The van der Waals surface area contributed by atoms with Gasteiger partial charge in [-0.3, -0.25) is 0 Å². The molecule has 0 amide bonds. The van der Waals surface area contributed by atoms with Gasteiger partial charge in [-0.2, -0.15) is 5.26 Å². The predicted octanol–water partition coefficient (Wildman–Crippen LogP) is 2.82. The third-order valence-electron chi connectivity index (χ3n) is 3.41. The van der Waals surface area contributed by atoms with Gasteiger partial charge in [0, 0.05) is 19.0 Å². The highest BCUT2D eigenvalue weighted by Crippen LogP contribution is 2.29. The molecule has 0 spiro atoms. The van der Waals surface area contributed by atoms with Crippen LogP contribution in [0.5, 0.6) is 5.75 Å². The van der Waals surface area contributed by atoms with E-state index >= 15 is 0 Å². The first-order chi connectivity index (χ1) is 8.74. The number of rotatable bonds is 5. The number of nitriles is 1. The van der Waals surface area contributed by atoms with Gasteiger partial charge >= 0.3 is 0 Å². The maximum absolute atomic E-state index is 8.81. The quantitative estimate of drug-likeness (QED) is 0.866. The van der Waals surface area contributed by atoms with E-state index in [1.165, 1.54) is 11.1 Å². The Morgan fingerprint density at radius 2 is 2.33 bits per heavy atom. The Balaban J connectivity index is 2.06. The molecule has 0 fully saturated rings. The lowest BCUT2D eigenvalue weighted by Crippen LogP contribution is -2.25. The van der Waals surface area contributed by atoms with Crippen molar-refractivity contribution in [2.24, 2.45) is 5.92 Å². The minimum absolute atomic E-state index is 0.0526. The third-order valence-corrected chi connectivity index (χ3v) is 3.41. The van der Waals surface area contributed by atoms with Crippen LogP contribution >= 0.6 is 0 Å². The van der Waals surface area contributed by atoms with Gasteiger partial charge < -0.3 is 10.1 Å². The molecule has 2 atom stereocenters. The van der Waals surface area contributed by atoms with Crippen molar-refractivity contribution in [2.75, 3.05) is 13.2 Å². The van der Waals surface area contributed by atoms with Crippen LogP contribution < -0.4 is 10.1 Å². The summed E-state index contributed by atoms with van der Waals surface area (Å²) < 4.78 is 5.52. The summed E-state index contributed by atoms with van der Waals surface area (Å²) in [5.41, 5.74) is 2.60. The maximum Gasteiger partial charge on any atom is 0.122 e. The van der Waals surface area contributed by atoms with E-state index in [1.807, 2.05) is 6.92 Å². The molecule has 1 aliphatic rings. The minimum atomic E-state index is 0.0526. The first-order valence-electron chi connectivity index (χ1n) is 6.63. The zero-order chi connectivity index (χ0) is 13.0.